The fourth-order valence-electron chi connectivity index (χ4n) is 4.69. The Morgan fingerprint density at radius 1 is 0.938 bits per heavy atom. The van der Waals surface area contributed by atoms with Gasteiger partial charge in [-0.25, -0.2) is 4.79 Å². The first-order valence-electron chi connectivity index (χ1n) is 15.0. The normalized spacial score (nSPS) is 12.5. The number of carbonyl (C=O) groups is 1. The second kappa shape index (κ2) is 16.9. The molecular formula is C38H33Cl2F3N2O3. The minimum atomic E-state index is -4.45. The minimum Gasteiger partial charge on any atom is -0.478 e. The average molecular weight is 694 g/mol. The Labute approximate surface area is 287 Å². The second-order valence-corrected chi connectivity index (χ2v) is 11.5. The predicted octanol–water partition coefficient (Wildman–Crippen LogP) is 11.5. The number of halogens is 5. The van der Waals surface area contributed by atoms with Crippen LogP contribution in [0.1, 0.15) is 41.3 Å². The molecular weight excluding hydrogens is 660 g/mol. The van der Waals surface area contributed by atoms with E-state index in [4.69, 9.17) is 32.9 Å². The Balaban J connectivity index is 1.52. The summed E-state index contributed by atoms with van der Waals surface area (Å²) in [5, 5.41) is 10.5. The third-order valence-corrected chi connectivity index (χ3v) is 7.65. The molecule has 10 heteroatoms. The third kappa shape index (κ3) is 10.4. The lowest BCUT2D eigenvalue weighted by Crippen LogP contribution is -2.27. The van der Waals surface area contributed by atoms with Gasteiger partial charge in [-0.3, -0.25) is 4.99 Å². The summed E-state index contributed by atoms with van der Waals surface area (Å²) < 4.78 is 44.8. The summed E-state index contributed by atoms with van der Waals surface area (Å²) in [6.07, 6.45) is 2.45. The van der Waals surface area contributed by atoms with E-state index in [9.17, 15) is 23.1 Å². The zero-order valence-electron chi connectivity index (χ0n) is 26.1. The fraction of sp³-hybridized carbons (Fsp3) is 0.158. The highest BCUT2D eigenvalue weighted by molar-refractivity contribution is 6.34. The van der Waals surface area contributed by atoms with Gasteiger partial charge in [-0.1, -0.05) is 85.2 Å². The van der Waals surface area contributed by atoms with Crippen LogP contribution < -0.4 is 9.64 Å². The third-order valence-electron chi connectivity index (χ3n) is 7.09. The van der Waals surface area contributed by atoms with Crippen molar-refractivity contribution in [1.82, 2.24) is 0 Å². The van der Waals surface area contributed by atoms with Crippen LogP contribution >= 0.6 is 23.2 Å². The van der Waals surface area contributed by atoms with E-state index in [0.29, 0.717) is 46.7 Å². The number of aromatic carboxylic acids is 1. The molecule has 0 spiro atoms. The average Bonchev–Trinajstić information content (AvgIpc) is 3.06. The van der Waals surface area contributed by atoms with Gasteiger partial charge in [0.2, 0.25) is 0 Å². The molecule has 5 nitrogen and oxygen atoms in total. The Morgan fingerprint density at radius 3 is 2.17 bits per heavy atom. The summed E-state index contributed by atoms with van der Waals surface area (Å²) in [6.45, 7) is 6.33. The highest BCUT2D eigenvalue weighted by Crippen LogP contribution is 2.33. The van der Waals surface area contributed by atoms with Crippen LogP contribution in [0.2, 0.25) is 0 Å². The van der Waals surface area contributed by atoms with E-state index in [2.05, 4.69) is 6.58 Å². The maximum atomic E-state index is 13.1. The van der Waals surface area contributed by atoms with Crippen molar-refractivity contribution in [3.05, 3.63) is 149 Å². The topological polar surface area (TPSA) is 62.1 Å². The molecule has 0 unspecified atom stereocenters. The first-order valence-corrected chi connectivity index (χ1v) is 15.8. The molecule has 0 saturated heterocycles. The van der Waals surface area contributed by atoms with Crippen LogP contribution in [-0.2, 0) is 12.6 Å². The number of carboxylic acid groups (broad SMARTS) is 1. The van der Waals surface area contributed by atoms with E-state index in [1.165, 1.54) is 24.3 Å². The lowest BCUT2D eigenvalue weighted by Gasteiger charge is -2.23. The first-order chi connectivity index (χ1) is 23.0. The van der Waals surface area contributed by atoms with Crippen LogP contribution in [0.3, 0.4) is 0 Å². The number of carboxylic acids is 1. The second-order valence-electron chi connectivity index (χ2n) is 10.6. The lowest BCUT2D eigenvalue weighted by atomic mass is 10.0. The SMILES string of the molecule is C=CN(C(Cc1ccc(-c2ccc(Oc3cccc(C(F)(F)F)c3)cc2)cc1)=NCC/C(Cl)=C\C(Cl)=C/CC)c1ccc(C(=O)O)cc1. The molecule has 0 heterocycles. The lowest BCUT2D eigenvalue weighted by molar-refractivity contribution is -0.137. The van der Waals surface area contributed by atoms with Gasteiger partial charge >= 0.3 is 12.1 Å². The van der Waals surface area contributed by atoms with Gasteiger partial charge < -0.3 is 14.7 Å². The van der Waals surface area contributed by atoms with Gasteiger partial charge in [0, 0.05) is 41.3 Å². The number of anilines is 1. The molecule has 0 amide bonds. The van der Waals surface area contributed by atoms with Crippen LogP contribution in [0.25, 0.3) is 11.1 Å². The number of ether oxygens (including phenoxy) is 1. The molecule has 4 aromatic carbocycles. The molecule has 0 saturated carbocycles. The monoisotopic (exact) mass is 692 g/mol. The van der Waals surface area contributed by atoms with Crippen molar-refractivity contribution in [2.45, 2.75) is 32.4 Å². The number of amidine groups is 1. The Morgan fingerprint density at radius 2 is 1.58 bits per heavy atom. The zero-order chi connectivity index (χ0) is 34.7. The number of alkyl halides is 3. The summed E-state index contributed by atoms with van der Waals surface area (Å²) in [5.74, 6) is 0.170. The molecule has 248 valence electrons. The highest BCUT2D eigenvalue weighted by Gasteiger charge is 2.30. The van der Waals surface area contributed by atoms with Crippen molar-refractivity contribution < 1.29 is 27.8 Å². The number of rotatable bonds is 13. The van der Waals surface area contributed by atoms with E-state index in [1.54, 1.807) is 36.5 Å². The van der Waals surface area contributed by atoms with E-state index in [0.717, 1.165) is 35.2 Å². The Kier molecular flexibility index (Phi) is 12.7. The molecule has 4 rings (SSSR count). The quantitative estimate of drug-likeness (QED) is 0.0860. The smallest absolute Gasteiger partial charge is 0.416 e. The molecule has 0 bridgehead atoms. The van der Waals surface area contributed by atoms with Gasteiger partial charge in [0.25, 0.3) is 0 Å². The molecule has 4 aromatic rings. The summed E-state index contributed by atoms with van der Waals surface area (Å²) in [4.78, 5) is 18.0. The van der Waals surface area contributed by atoms with Crippen LogP contribution in [0.15, 0.2) is 137 Å². The van der Waals surface area contributed by atoms with Crippen molar-refractivity contribution in [3.63, 3.8) is 0 Å². The van der Waals surface area contributed by atoms with Gasteiger partial charge in [-0.2, -0.15) is 13.2 Å². The molecule has 0 radical (unpaired) electrons. The van der Waals surface area contributed by atoms with Crippen molar-refractivity contribution in [2.75, 3.05) is 11.4 Å². The first kappa shape index (κ1) is 36.1. The van der Waals surface area contributed by atoms with Crippen molar-refractivity contribution in [1.29, 1.82) is 0 Å². The van der Waals surface area contributed by atoms with Crippen molar-refractivity contribution in [2.24, 2.45) is 4.99 Å². The van der Waals surface area contributed by atoms with Crippen LogP contribution in [0.5, 0.6) is 11.5 Å². The van der Waals surface area contributed by atoms with E-state index in [1.807, 2.05) is 54.3 Å². The number of nitrogens with zero attached hydrogens (tertiary/aromatic N) is 2. The molecule has 0 aromatic heterocycles. The van der Waals surface area contributed by atoms with E-state index in [-0.39, 0.29) is 11.3 Å². The maximum Gasteiger partial charge on any atom is 0.416 e. The summed E-state index contributed by atoms with van der Waals surface area (Å²) >= 11 is 12.6. The number of benzene rings is 4. The fourth-order valence-corrected chi connectivity index (χ4v) is 5.24. The van der Waals surface area contributed by atoms with E-state index < -0.39 is 17.7 Å². The molecule has 0 aliphatic rings. The molecule has 0 atom stereocenters. The van der Waals surface area contributed by atoms with Crippen LogP contribution in [0.4, 0.5) is 18.9 Å². The zero-order valence-corrected chi connectivity index (χ0v) is 27.6. The van der Waals surface area contributed by atoms with Crippen molar-refractivity contribution >= 4 is 40.7 Å². The van der Waals surface area contributed by atoms with Crippen LogP contribution in [0, 0.1) is 0 Å². The Bertz CT molecular complexity index is 1800. The maximum absolute atomic E-state index is 13.1. The summed E-state index contributed by atoms with van der Waals surface area (Å²) in [6, 6.07) is 26.2. The molecule has 48 heavy (non-hydrogen) atoms. The van der Waals surface area contributed by atoms with Gasteiger partial charge in [0.1, 0.15) is 17.3 Å². The summed E-state index contributed by atoms with van der Waals surface area (Å²) in [7, 11) is 0. The number of hydrogen-bond acceptors (Lipinski definition) is 3. The van der Waals surface area contributed by atoms with Gasteiger partial charge in [0.15, 0.2) is 0 Å². The highest BCUT2D eigenvalue weighted by atomic mass is 35.5. The van der Waals surface area contributed by atoms with Crippen molar-refractivity contribution in [3.8, 4) is 22.6 Å². The summed E-state index contributed by atoms with van der Waals surface area (Å²) in [5.41, 5.74) is 2.89. The molecule has 0 fully saturated rings. The minimum absolute atomic E-state index is 0.0983. The molecule has 1 N–H and O–H groups in total. The predicted molar refractivity (Wildman–Crippen MR) is 188 cm³/mol. The van der Waals surface area contributed by atoms with Gasteiger partial charge in [-0.05, 0) is 83.8 Å². The number of hydrogen-bond donors (Lipinski definition) is 1. The van der Waals surface area contributed by atoms with E-state index >= 15 is 0 Å². The van der Waals surface area contributed by atoms with Crippen LogP contribution in [-0.4, -0.2) is 23.5 Å². The van der Waals surface area contributed by atoms with Gasteiger partial charge in [-0.15, -0.1) is 0 Å². The number of allylic oxidation sites excluding steroid dienone is 3. The van der Waals surface area contributed by atoms with Gasteiger partial charge in [0.05, 0.1) is 11.1 Å². The molecule has 0 aliphatic heterocycles. The Hall–Kier alpha value is -4.79. The molecule has 0 aliphatic carbocycles. The number of aliphatic imine (C=N–C) groups is 1. The standard InChI is InChI=1S/C38H33Cl2F3N2O3/c1-3-6-31(39)25-32(40)21-22-44-36(45(4-2)33-17-13-29(14-18-33)37(46)47)23-26-9-11-27(12-10-26)28-15-19-34(20-16-28)48-35-8-5-7-30(24-35)38(41,42)43/h4-20,24-25H,2-3,21-23H2,1H3,(H,46,47)/b31-6+,32-25+,44-36?. The largest absolute Gasteiger partial charge is 0.478 e.